The zero-order chi connectivity index (χ0) is 7.97. The van der Waals surface area contributed by atoms with Gasteiger partial charge in [0, 0.05) is 10.8 Å². The molecule has 0 aliphatic carbocycles. The third kappa shape index (κ3) is 0.786. The smallest absolute Gasteiger partial charge is 0.142 e. The fourth-order valence-corrected chi connectivity index (χ4v) is 1.46. The number of ether oxygens (including phenoxy) is 1. The van der Waals surface area contributed by atoms with Gasteiger partial charge in [0.05, 0.1) is 12.9 Å². The highest BCUT2D eigenvalue weighted by Gasteiger charge is 2.29. The third-order valence-corrected chi connectivity index (χ3v) is 2.16. The Morgan fingerprint density at radius 3 is 2.92 bits per heavy atom. The fraction of sp³-hybridized carbons (Fsp3) is 0.200. The number of fused-ring (bicyclic) bond motifs is 1. The number of hydrogen-bond donors (Lipinski definition) is 0. The van der Waals surface area contributed by atoms with Gasteiger partial charge in [-0.05, 0) is 0 Å². The van der Waals surface area contributed by atoms with Crippen LogP contribution in [0.25, 0.3) is 10.8 Å². The van der Waals surface area contributed by atoms with Gasteiger partial charge in [-0.1, -0.05) is 24.3 Å². The SMILES string of the molecule is c1ccc2c(C3CO3)occ2c1. The molecule has 1 aliphatic heterocycles. The van der Waals surface area contributed by atoms with Gasteiger partial charge in [0.2, 0.25) is 0 Å². The van der Waals surface area contributed by atoms with E-state index in [9.17, 15) is 0 Å². The van der Waals surface area contributed by atoms with Gasteiger partial charge in [-0.3, -0.25) is 0 Å². The van der Waals surface area contributed by atoms with Crippen molar-refractivity contribution in [2.45, 2.75) is 6.10 Å². The Bertz CT molecular complexity index is 412. The molecule has 60 valence electrons. The lowest BCUT2D eigenvalue weighted by molar-refractivity contribution is 0.373. The Hall–Kier alpha value is -1.28. The summed E-state index contributed by atoms with van der Waals surface area (Å²) >= 11 is 0. The van der Waals surface area contributed by atoms with Crippen molar-refractivity contribution < 1.29 is 9.15 Å². The molecular formula is C10H8O2. The minimum atomic E-state index is 0.213. The molecule has 0 spiro atoms. The van der Waals surface area contributed by atoms with Crippen LogP contribution in [0.5, 0.6) is 0 Å². The monoisotopic (exact) mass is 160 g/mol. The van der Waals surface area contributed by atoms with E-state index < -0.39 is 0 Å². The van der Waals surface area contributed by atoms with Crippen molar-refractivity contribution in [3.63, 3.8) is 0 Å². The van der Waals surface area contributed by atoms with E-state index in [-0.39, 0.29) is 6.10 Å². The summed E-state index contributed by atoms with van der Waals surface area (Å²) in [7, 11) is 0. The van der Waals surface area contributed by atoms with E-state index in [0.717, 1.165) is 17.8 Å². The van der Waals surface area contributed by atoms with Crippen LogP contribution in [0.2, 0.25) is 0 Å². The number of epoxide rings is 1. The maximum absolute atomic E-state index is 5.41. The maximum Gasteiger partial charge on any atom is 0.142 e. The van der Waals surface area contributed by atoms with Crippen LogP contribution in [0, 0.1) is 0 Å². The summed E-state index contributed by atoms with van der Waals surface area (Å²) in [5.74, 6) is 0.977. The highest BCUT2D eigenvalue weighted by molar-refractivity contribution is 5.84. The van der Waals surface area contributed by atoms with Crippen molar-refractivity contribution in [3.8, 4) is 0 Å². The minimum absolute atomic E-state index is 0.213. The summed E-state index contributed by atoms with van der Waals surface area (Å²) in [6, 6.07) is 8.14. The van der Waals surface area contributed by atoms with Crippen LogP contribution in [0.3, 0.4) is 0 Å². The van der Waals surface area contributed by atoms with E-state index in [4.69, 9.17) is 9.15 Å². The molecule has 1 fully saturated rings. The highest BCUT2D eigenvalue weighted by atomic mass is 16.6. The van der Waals surface area contributed by atoms with Gasteiger partial charge in [0.15, 0.2) is 0 Å². The van der Waals surface area contributed by atoms with Gasteiger partial charge in [-0.2, -0.15) is 0 Å². The van der Waals surface area contributed by atoms with Crippen molar-refractivity contribution in [3.05, 3.63) is 36.3 Å². The van der Waals surface area contributed by atoms with Crippen molar-refractivity contribution in [2.75, 3.05) is 6.61 Å². The first-order valence-corrected chi connectivity index (χ1v) is 4.03. The molecule has 3 rings (SSSR count). The van der Waals surface area contributed by atoms with Crippen LogP contribution in [0.4, 0.5) is 0 Å². The zero-order valence-corrected chi connectivity index (χ0v) is 6.49. The second-order valence-electron chi connectivity index (χ2n) is 3.01. The molecule has 0 amide bonds. The Morgan fingerprint density at radius 1 is 1.25 bits per heavy atom. The van der Waals surface area contributed by atoms with Crippen LogP contribution < -0.4 is 0 Å². The molecule has 2 heterocycles. The van der Waals surface area contributed by atoms with Gasteiger partial charge in [0.1, 0.15) is 11.9 Å². The van der Waals surface area contributed by atoms with E-state index in [0.29, 0.717) is 0 Å². The van der Waals surface area contributed by atoms with E-state index in [2.05, 4.69) is 6.07 Å². The summed E-state index contributed by atoms with van der Waals surface area (Å²) in [5.41, 5.74) is 0. The first-order chi connectivity index (χ1) is 5.95. The van der Waals surface area contributed by atoms with Crippen molar-refractivity contribution in [1.29, 1.82) is 0 Å². The minimum Gasteiger partial charge on any atom is -0.465 e. The molecule has 0 N–H and O–H groups in total. The number of benzene rings is 1. The number of hydrogen-bond acceptors (Lipinski definition) is 2. The van der Waals surface area contributed by atoms with Crippen LogP contribution in [0.15, 0.2) is 34.9 Å². The Kier molecular flexibility index (Phi) is 1.10. The molecule has 1 aliphatic rings. The molecule has 2 heteroatoms. The molecule has 0 saturated carbocycles. The van der Waals surface area contributed by atoms with Crippen molar-refractivity contribution >= 4 is 10.8 Å². The number of rotatable bonds is 1. The lowest BCUT2D eigenvalue weighted by atomic mass is 10.1. The summed E-state index contributed by atoms with van der Waals surface area (Å²) in [5, 5.41) is 2.34. The Morgan fingerprint density at radius 2 is 2.08 bits per heavy atom. The first-order valence-electron chi connectivity index (χ1n) is 4.03. The van der Waals surface area contributed by atoms with Gasteiger partial charge in [0.25, 0.3) is 0 Å². The molecule has 0 bridgehead atoms. The summed E-state index contributed by atoms with van der Waals surface area (Å²) in [6.07, 6.45) is 2.00. The standard InChI is InChI=1S/C10H8O2/c1-2-4-8-7(3-1)5-12-10(8)9-6-11-9/h1-5,9H,6H2. The fourth-order valence-electron chi connectivity index (χ4n) is 1.46. The van der Waals surface area contributed by atoms with E-state index >= 15 is 0 Å². The second-order valence-corrected chi connectivity index (χ2v) is 3.01. The van der Waals surface area contributed by atoms with Crippen LogP contribution in [-0.4, -0.2) is 6.61 Å². The van der Waals surface area contributed by atoms with Gasteiger partial charge in [-0.25, -0.2) is 0 Å². The first kappa shape index (κ1) is 6.26. The van der Waals surface area contributed by atoms with E-state index in [1.54, 1.807) is 6.26 Å². The van der Waals surface area contributed by atoms with E-state index in [1.807, 2.05) is 18.2 Å². The van der Waals surface area contributed by atoms with Gasteiger partial charge >= 0.3 is 0 Å². The predicted molar refractivity (Wildman–Crippen MR) is 44.9 cm³/mol. The average Bonchev–Trinajstić information content (AvgIpc) is 2.86. The zero-order valence-electron chi connectivity index (χ0n) is 6.49. The van der Waals surface area contributed by atoms with Gasteiger partial charge < -0.3 is 9.15 Å². The van der Waals surface area contributed by atoms with Crippen LogP contribution in [0.1, 0.15) is 11.9 Å². The topological polar surface area (TPSA) is 25.7 Å². The predicted octanol–water partition coefficient (Wildman–Crippen LogP) is 2.50. The molecular weight excluding hydrogens is 152 g/mol. The second kappa shape index (κ2) is 2.11. The Labute approximate surface area is 69.7 Å². The van der Waals surface area contributed by atoms with E-state index in [1.165, 1.54) is 5.39 Å². The molecule has 2 aromatic rings. The largest absolute Gasteiger partial charge is 0.465 e. The summed E-state index contributed by atoms with van der Waals surface area (Å²) < 4.78 is 10.6. The summed E-state index contributed by atoms with van der Waals surface area (Å²) in [4.78, 5) is 0. The molecule has 1 saturated heterocycles. The van der Waals surface area contributed by atoms with Gasteiger partial charge in [-0.15, -0.1) is 0 Å². The van der Waals surface area contributed by atoms with Crippen LogP contribution >= 0.6 is 0 Å². The highest BCUT2D eigenvalue weighted by Crippen LogP contribution is 2.35. The molecule has 1 aromatic carbocycles. The Balaban J connectivity index is 2.30. The quantitative estimate of drug-likeness (QED) is 0.599. The lowest BCUT2D eigenvalue weighted by Gasteiger charge is -1.89. The molecule has 1 aromatic heterocycles. The summed E-state index contributed by atoms with van der Waals surface area (Å²) in [6.45, 7) is 0.803. The average molecular weight is 160 g/mol. The molecule has 2 nitrogen and oxygen atoms in total. The van der Waals surface area contributed by atoms with Crippen molar-refractivity contribution in [2.24, 2.45) is 0 Å². The number of furan rings is 1. The molecule has 12 heavy (non-hydrogen) atoms. The molecule has 1 unspecified atom stereocenters. The van der Waals surface area contributed by atoms with Crippen molar-refractivity contribution in [1.82, 2.24) is 0 Å². The third-order valence-electron chi connectivity index (χ3n) is 2.16. The molecule has 0 radical (unpaired) electrons. The molecule has 1 atom stereocenters. The maximum atomic E-state index is 5.41. The normalized spacial score (nSPS) is 21.5. The lowest BCUT2D eigenvalue weighted by Crippen LogP contribution is -1.74. The van der Waals surface area contributed by atoms with Crippen LogP contribution in [-0.2, 0) is 4.74 Å².